The molecule has 0 aromatic carbocycles. The number of likely N-dealkylation sites (tertiary alicyclic amines) is 1. The smallest absolute Gasteiger partial charge is 0.140 e. The van der Waals surface area contributed by atoms with Crippen molar-refractivity contribution in [3.63, 3.8) is 0 Å². The maximum Gasteiger partial charge on any atom is 0.140 e. The Bertz CT molecular complexity index is 299. The average Bonchev–Trinajstić information content (AvgIpc) is 2.90. The Morgan fingerprint density at radius 1 is 1.33 bits per heavy atom. The van der Waals surface area contributed by atoms with Crippen molar-refractivity contribution in [2.75, 3.05) is 19.6 Å². The van der Waals surface area contributed by atoms with Gasteiger partial charge < -0.3 is 15.4 Å². The molecule has 18 heavy (non-hydrogen) atoms. The molecule has 0 spiro atoms. The lowest BCUT2D eigenvalue weighted by molar-refractivity contribution is -0.115. The van der Waals surface area contributed by atoms with Crippen LogP contribution >= 0.6 is 0 Å². The van der Waals surface area contributed by atoms with Crippen LogP contribution in [0.25, 0.3) is 0 Å². The van der Waals surface area contributed by atoms with Crippen molar-refractivity contribution in [3.05, 3.63) is 12.7 Å². The van der Waals surface area contributed by atoms with Crippen molar-refractivity contribution < 1.29 is 4.79 Å². The molecule has 3 unspecified atom stereocenters. The van der Waals surface area contributed by atoms with Gasteiger partial charge in [0, 0.05) is 0 Å². The van der Waals surface area contributed by atoms with Gasteiger partial charge in [-0.1, -0.05) is 6.08 Å². The second-order valence-electron chi connectivity index (χ2n) is 6.04. The zero-order chi connectivity index (χ0) is 13.0. The van der Waals surface area contributed by atoms with E-state index in [0.717, 1.165) is 38.5 Å². The van der Waals surface area contributed by atoms with Gasteiger partial charge in [0.2, 0.25) is 0 Å². The Kier molecular flexibility index (Phi) is 4.57. The number of nitrogens with zero attached hydrogens (tertiary/aromatic N) is 1. The summed E-state index contributed by atoms with van der Waals surface area (Å²) in [4.78, 5) is 13.9. The van der Waals surface area contributed by atoms with Crippen LogP contribution in [0.3, 0.4) is 0 Å². The summed E-state index contributed by atoms with van der Waals surface area (Å²) in [5.41, 5.74) is 5.70. The van der Waals surface area contributed by atoms with Gasteiger partial charge >= 0.3 is 0 Å². The van der Waals surface area contributed by atoms with Crippen LogP contribution in [-0.2, 0) is 4.79 Å². The van der Waals surface area contributed by atoms with E-state index in [9.17, 15) is 4.79 Å². The molecule has 1 heterocycles. The van der Waals surface area contributed by atoms with Crippen molar-refractivity contribution >= 4 is 6.29 Å². The molecule has 1 aliphatic heterocycles. The third kappa shape index (κ3) is 3.01. The molecule has 1 saturated carbocycles. The van der Waals surface area contributed by atoms with E-state index in [4.69, 9.17) is 5.73 Å². The van der Waals surface area contributed by atoms with E-state index in [1.807, 2.05) is 6.08 Å². The molecule has 1 aliphatic carbocycles. The van der Waals surface area contributed by atoms with E-state index in [-0.39, 0.29) is 0 Å². The minimum Gasteiger partial charge on any atom is -0.319 e. The summed E-state index contributed by atoms with van der Waals surface area (Å²) in [6.07, 6.45) is 9.67. The quantitative estimate of drug-likeness (QED) is 0.599. The third-order valence-corrected chi connectivity index (χ3v) is 4.81. The zero-order valence-electron chi connectivity index (χ0n) is 11.3. The molecule has 0 aromatic heterocycles. The Morgan fingerprint density at radius 2 is 2.06 bits per heavy atom. The highest BCUT2D eigenvalue weighted by molar-refractivity contribution is 5.64. The lowest BCUT2D eigenvalue weighted by atomic mass is 9.68. The Balaban J connectivity index is 1.89. The van der Waals surface area contributed by atoms with Crippen molar-refractivity contribution in [2.24, 2.45) is 17.6 Å². The number of rotatable bonds is 5. The summed E-state index contributed by atoms with van der Waals surface area (Å²) in [6.45, 7) is 7.39. The lowest BCUT2D eigenvalue weighted by Gasteiger charge is -2.40. The average molecular weight is 250 g/mol. The highest BCUT2D eigenvalue weighted by atomic mass is 16.1. The summed E-state index contributed by atoms with van der Waals surface area (Å²) in [5, 5.41) is 0. The summed E-state index contributed by atoms with van der Waals surface area (Å²) in [7, 11) is 0. The third-order valence-electron chi connectivity index (χ3n) is 4.81. The van der Waals surface area contributed by atoms with Crippen LogP contribution in [-0.4, -0.2) is 36.4 Å². The number of carbonyl (C=O) groups is 1. The van der Waals surface area contributed by atoms with Crippen LogP contribution in [0.2, 0.25) is 0 Å². The van der Waals surface area contributed by atoms with Crippen LogP contribution < -0.4 is 5.73 Å². The first-order valence-corrected chi connectivity index (χ1v) is 7.28. The number of allylic oxidation sites excluding steroid dienone is 1. The Labute approximate surface area is 110 Å². The molecular weight excluding hydrogens is 224 g/mol. The van der Waals surface area contributed by atoms with Crippen LogP contribution in [0.1, 0.15) is 38.5 Å². The van der Waals surface area contributed by atoms with Crippen LogP contribution in [0.4, 0.5) is 0 Å². The Hall–Kier alpha value is -0.670. The minimum absolute atomic E-state index is 0.354. The minimum atomic E-state index is -0.614. The molecular formula is C15H26N2O. The van der Waals surface area contributed by atoms with E-state index in [1.165, 1.54) is 25.9 Å². The Morgan fingerprint density at radius 3 is 2.67 bits per heavy atom. The van der Waals surface area contributed by atoms with Crippen LogP contribution in [0.15, 0.2) is 12.7 Å². The highest BCUT2D eigenvalue weighted by Gasteiger charge is 2.40. The fraction of sp³-hybridized carbons (Fsp3) is 0.800. The standard InChI is InChI=1S/C15H26N2O/c1-2-13-5-6-14(15(16,11-13)12-18)7-10-17-8-3-4-9-17/h2,12-14H,1,3-11,16H2. The van der Waals surface area contributed by atoms with E-state index in [1.54, 1.807) is 0 Å². The van der Waals surface area contributed by atoms with Gasteiger partial charge in [0.25, 0.3) is 0 Å². The fourth-order valence-corrected chi connectivity index (χ4v) is 3.51. The van der Waals surface area contributed by atoms with Gasteiger partial charge in [0.1, 0.15) is 6.29 Å². The molecule has 2 fully saturated rings. The monoisotopic (exact) mass is 250 g/mol. The van der Waals surface area contributed by atoms with Gasteiger partial charge in [-0.2, -0.15) is 0 Å². The molecule has 0 amide bonds. The number of carbonyl (C=O) groups excluding carboxylic acids is 1. The molecule has 2 N–H and O–H groups in total. The predicted octanol–water partition coefficient (Wildman–Crippen LogP) is 1.97. The zero-order valence-corrected chi connectivity index (χ0v) is 11.3. The van der Waals surface area contributed by atoms with E-state index in [0.29, 0.717) is 11.8 Å². The summed E-state index contributed by atoms with van der Waals surface area (Å²) in [5.74, 6) is 0.773. The first kappa shape index (κ1) is 13.8. The van der Waals surface area contributed by atoms with Gasteiger partial charge in [-0.05, 0) is 70.0 Å². The van der Waals surface area contributed by atoms with Crippen molar-refractivity contribution in [1.29, 1.82) is 0 Å². The molecule has 0 aromatic rings. The van der Waals surface area contributed by atoms with E-state index >= 15 is 0 Å². The predicted molar refractivity (Wildman–Crippen MR) is 74.3 cm³/mol. The van der Waals surface area contributed by atoms with Crippen molar-refractivity contribution in [3.8, 4) is 0 Å². The summed E-state index contributed by atoms with van der Waals surface area (Å²) < 4.78 is 0. The molecule has 3 heteroatoms. The molecule has 1 saturated heterocycles. The van der Waals surface area contributed by atoms with Crippen LogP contribution in [0.5, 0.6) is 0 Å². The highest BCUT2D eigenvalue weighted by Crippen LogP contribution is 2.37. The molecule has 0 bridgehead atoms. The van der Waals surface area contributed by atoms with Gasteiger partial charge in [0.05, 0.1) is 5.54 Å². The second-order valence-corrected chi connectivity index (χ2v) is 6.04. The van der Waals surface area contributed by atoms with Crippen LogP contribution in [0, 0.1) is 11.8 Å². The topological polar surface area (TPSA) is 46.3 Å². The van der Waals surface area contributed by atoms with Gasteiger partial charge in [-0.15, -0.1) is 6.58 Å². The van der Waals surface area contributed by atoms with Gasteiger partial charge in [-0.25, -0.2) is 0 Å². The van der Waals surface area contributed by atoms with Gasteiger partial charge in [-0.3, -0.25) is 0 Å². The van der Waals surface area contributed by atoms with Gasteiger partial charge in [0.15, 0.2) is 0 Å². The second kappa shape index (κ2) is 5.98. The SMILES string of the molecule is C=CC1CCC(CCN2CCCC2)C(N)(C=O)C1. The fourth-order valence-electron chi connectivity index (χ4n) is 3.51. The van der Waals surface area contributed by atoms with E-state index < -0.39 is 5.54 Å². The molecule has 102 valence electrons. The van der Waals surface area contributed by atoms with Crippen molar-refractivity contribution in [2.45, 2.75) is 44.1 Å². The molecule has 3 nitrogen and oxygen atoms in total. The molecule has 3 atom stereocenters. The largest absolute Gasteiger partial charge is 0.319 e. The lowest BCUT2D eigenvalue weighted by Crippen LogP contribution is -2.53. The number of hydrogen-bond acceptors (Lipinski definition) is 3. The van der Waals surface area contributed by atoms with Crippen molar-refractivity contribution in [1.82, 2.24) is 4.90 Å². The maximum absolute atomic E-state index is 11.4. The van der Waals surface area contributed by atoms with E-state index in [2.05, 4.69) is 11.5 Å². The maximum atomic E-state index is 11.4. The molecule has 0 radical (unpaired) electrons. The molecule has 2 aliphatic rings. The number of hydrogen-bond donors (Lipinski definition) is 1. The normalized spacial score (nSPS) is 37.6. The summed E-state index contributed by atoms with van der Waals surface area (Å²) >= 11 is 0. The summed E-state index contributed by atoms with van der Waals surface area (Å²) in [6, 6.07) is 0. The number of nitrogens with two attached hydrogens (primary N) is 1. The first-order valence-electron chi connectivity index (χ1n) is 7.28. The number of aldehydes is 1. The molecule has 2 rings (SSSR count). The first-order chi connectivity index (χ1) is 8.68.